The number of fused-ring (bicyclic) bond motifs is 1. The molecule has 1 heterocycles. The SMILES string of the molecule is CC(C)(C)c1ccc(-c2nc3ccc(NN=C(C#N)C#N)cc3o2)cc1. The summed E-state index contributed by atoms with van der Waals surface area (Å²) in [5.41, 5.74) is 6.57. The molecule has 0 amide bonds. The van der Waals surface area contributed by atoms with E-state index in [4.69, 9.17) is 14.9 Å². The normalized spacial score (nSPS) is 10.8. The Morgan fingerprint density at radius 3 is 2.38 bits per heavy atom. The first-order valence-electron chi connectivity index (χ1n) is 8.06. The maximum Gasteiger partial charge on any atom is 0.237 e. The first kappa shape index (κ1) is 17.2. The quantitative estimate of drug-likeness (QED) is 0.553. The molecular formula is C20H17N5O. The average Bonchev–Trinajstić information content (AvgIpc) is 3.05. The summed E-state index contributed by atoms with van der Waals surface area (Å²) in [4.78, 5) is 4.51. The Bertz CT molecular complexity index is 1040. The number of benzene rings is 2. The maximum atomic E-state index is 8.70. The average molecular weight is 343 g/mol. The van der Waals surface area contributed by atoms with Gasteiger partial charge in [0.25, 0.3) is 0 Å². The van der Waals surface area contributed by atoms with Crippen molar-refractivity contribution in [3.8, 4) is 23.6 Å². The molecule has 6 heteroatoms. The van der Waals surface area contributed by atoms with Crippen LogP contribution < -0.4 is 5.43 Å². The summed E-state index contributed by atoms with van der Waals surface area (Å²) in [6.07, 6.45) is 0. The van der Waals surface area contributed by atoms with Crippen molar-refractivity contribution in [1.82, 2.24) is 4.98 Å². The van der Waals surface area contributed by atoms with Gasteiger partial charge in [-0.2, -0.15) is 15.6 Å². The molecule has 128 valence electrons. The van der Waals surface area contributed by atoms with Crippen molar-refractivity contribution in [2.75, 3.05) is 5.43 Å². The minimum Gasteiger partial charge on any atom is -0.436 e. The van der Waals surface area contributed by atoms with Crippen LogP contribution >= 0.6 is 0 Å². The summed E-state index contributed by atoms with van der Waals surface area (Å²) in [6, 6.07) is 16.8. The molecule has 6 nitrogen and oxygen atoms in total. The van der Waals surface area contributed by atoms with Crippen LogP contribution in [0.3, 0.4) is 0 Å². The molecule has 1 N–H and O–H groups in total. The number of hydrogen-bond acceptors (Lipinski definition) is 6. The number of nitrogens with zero attached hydrogens (tertiary/aromatic N) is 4. The van der Waals surface area contributed by atoms with Gasteiger partial charge in [0.15, 0.2) is 5.58 Å². The number of aromatic nitrogens is 1. The van der Waals surface area contributed by atoms with E-state index in [1.807, 2.05) is 12.1 Å². The molecule has 0 aliphatic heterocycles. The van der Waals surface area contributed by atoms with Crippen molar-refractivity contribution in [2.45, 2.75) is 26.2 Å². The Labute approximate surface area is 151 Å². The molecule has 0 bridgehead atoms. The highest BCUT2D eigenvalue weighted by atomic mass is 16.3. The molecule has 1 aromatic heterocycles. The molecule has 3 aromatic rings. The number of anilines is 1. The Hall–Kier alpha value is -3.64. The summed E-state index contributed by atoms with van der Waals surface area (Å²) < 4.78 is 5.85. The Balaban J connectivity index is 1.89. The van der Waals surface area contributed by atoms with Crippen molar-refractivity contribution in [1.29, 1.82) is 10.5 Å². The van der Waals surface area contributed by atoms with Gasteiger partial charge >= 0.3 is 0 Å². The van der Waals surface area contributed by atoms with Crippen molar-refractivity contribution in [2.24, 2.45) is 5.10 Å². The van der Waals surface area contributed by atoms with Gasteiger partial charge in [-0.15, -0.1) is 0 Å². The topological polar surface area (TPSA) is 98.0 Å². The molecule has 0 unspecified atom stereocenters. The Kier molecular flexibility index (Phi) is 4.43. The zero-order chi connectivity index (χ0) is 18.7. The zero-order valence-corrected chi connectivity index (χ0v) is 14.7. The molecule has 2 aromatic carbocycles. The maximum absolute atomic E-state index is 8.70. The first-order chi connectivity index (χ1) is 12.4. The summed E-state index contributed by atoms with van der Waals surface area (Å²) in [7, 11) is 0. The van der Waals surface area contributed by atoms with Gasteiger partial charge in [0.2, 0.25) is 11.6 Å². The van der Waals surface area contributed by atoms with Crippen LogP contribution in [0, 0.1) is 22.7 Å². The van der Waals surface area contributed by atoms with Crippen molar-refractivity contribution in [3.63, 3.8) is 0 Å². The van der Waals surface area contributed by atoms with Gasteiger partial charge in [-0.1, -0.05) is 32.9 Å². The van der Waals surface area contributed by atoms with Gasteiger partial charge in [-0.05, 0) is 35.2 Å². The third kappa shape index (κ3) is 3.55. The molecule has 0 radical (unpaired) electrons. The van der Waals surface area contributed by atoms with Crippen LogP contribution in [0.25, 0.3) is 22.6 Å². The standard InChI is InChI=1S/C20H17N5O/c1-20(2,3)14-6-4-13(5-7-14)19-23-17-9-8-15(10-18(17)26-19)24-25-16(11-21)12-22/h4-10,24H,1-3H3. The lowest BCUT2D eigenvalue weighted by Crippen LogP contribution is -2.10. The molecule has 0 saturated carbocycles. The van der Waals surface area contributed by atoms with Crippen LogP contribution in [0.15, 0.2) is 52.0 Å². The molecule has 3 rings (SSSR count). The van der Waals surface area contributed by atoms with Crippen molar-refractivity contribution in [3.05, 3.63) is 48.0 Å². The van der Waals surface area contributed by atoms with E-state index < -0.39 is 0 Å². The fourth-order valence-corrected chi connectivity index (χ4v) is 2.43. The molecule has 0 aliphatic carbocycles. The number of hydrazone groups is 1. The second kappa shape index (κ2) is 6.70. The molecule has 0 atom stereocenters. The molecule has 0 saturated heterocycles. The summed E-state index contributed by atoms with van der Waals surface area (Å²) in [5.74, 6) is 0.538. The largest absolute Gasteiger partial charge is 0.436 e. The first-order valence-corrected chi connectivity index (χ1v) is 8.06. The highest BCUT2D eigenvalue weighted by Gasteiger charge is 2.14. The fraction of sp³-hybridized carbons (Fsp3) is 0.200. The predicted octanol–water partition coefficient (Wildman–Crippen LogP) is 4.61. The summed E-state index contributed by atoms with van der Waals surface area (Å²) >= 11 is 0. The smallest absolute Gasteiger partial charge is 0.237 e. The molecular weight excluding hydrogens is 326 g/mol. The predicted molar refractivity (Wildman–Crippen MR) is 100 cm³/mol. The second-order valence-electron chi connectivity index (χ2n) is 6.82. The van der Waals surface area contributed by atoms with Crippen LogP contribution in [0.1, 0.15) is 26.3 Å². The number of hydrogen-bond donors (Lipinski definition) is 1. The Morgan fingerprint density at radius 2 is 1.77 bits per heavy atom. The fourth-order valence-electron chi connectivity index (χ4n) is 2.43. The van der Waals surface area contributed by atoms with Gasteiger partial charge in [-0.25, -0.2) is 4.98 Å². The van der Waals surface area contributed by atoms with Crippen molar-refractivity contribution < 1.29 is 4.42 Å². The van der Waals surface area contributed by atoms with Crippen molar-refractivity contribution >= 4 is 22.5 Å². The van der Waals surface area contributed by atoms with Gasteiger partial charge in [0.05, 0.1) is 5.69 Å². The van der Waals surface area contributed by atoms with E-state index in [1.54, 1.807) is 30.3 Å². The Morgan fingerprint density at radius 1 is 1.08 bits per heavy atom. The number of nitriles is 2. The van der Waals surface area contributed by atoms with E-state index >= 15 is 0 Å². The minimum atomic E-state index is -0.248. The van der Waals surface area contributed by atoms with Gasteiger partial charge < -0.3 is 4.42 Å². The van der Waals surface area contributed by atoms with Gasteiger partial charge in [0, 0.05) is 11.6 Å². The molecule has 0 aliphatic rings. The highest BCUT2D eigenvalue weighted by Crippen LogP contribution is 2.29. The highest BCUT2D eigenvalue weighted by molar-refractivity contribution is 6.10. The lowest BCUT2D eigenvalue weighted by molar-refractivity contribution is 0.589. The van der Waals surface area contributed by atoms with Crippen LogP contribution in [0.4, 0.5) is 5.69 Å². The lowest BCUT2D eigenvalue weighted by atomic mass is 9.87. The minimum absolute atomic E-state index is 0.0899. The zero-order valence-electron chi connectivity index (χ0n) is 14.7. The second-order valence-corrected chi connectivity index (χ2v) is 6.82. The van der Waals surface area contributed by atoms with E-state index in [2.05, 4.69) is 48.4 Å². The van der Waals surface area contributed by atoms with Crippen LogP contribution in [-0.2, 0) is 5.41 Å². The van der Waals surface area contributed by atoms with E-state index in [0.717, 1.165) is 11.1 Å². The third-order valence-corrected chi connectivity index (χ3v) is 3.89. The van der Waals surface area contributed by atoms with E-state index in [9.17, 15) is 0 Å². The molecule has 0 fully saturated rings. The third-order valence-electron chi connectivity index (χ3n) is 3.89. The van der Waals surface area contributed by atoms with Crippen LogP contribution in [0.5, 0.6) is 0 Å². The van der Waals surface area contributed by atoms with Gasteiger partial charge in [-0.3, -0.25) is 5.43 Å². The van der Waals surface area contributed by atoms with E-state index in [0.29, 0.717) is 17.2 Å². The number of rotatable bonds is 3. The van der Waals surface area contributed by atoms with E-state index in [-0.39, 0.29) is 11.1 Å². The summed E-state index contributed by atoms with van der Waals surface area (Å²) in [5, 5.41) is 21.1. The lowest BCUT2D eigenvalue weighted by Gasteiger charge is -2.18. The van der Waals surface area contributed by atoms with Crippen LogP contribution in [-0.4, -0.2) is 10.7 Å². The van der Waals surface area contributed by atoms with Crippen LogP contribution in [0.2, 0.25) is 0 Å². The summed E-state index contributed by atoms with van der Waals surface area (Å²) in [6.45, 7) is 6.51. The molecule has 0 spiro atoms. The monoisotopic (exact) mass is 343 g/mol. The molecule has 26 heavy (non-hydrogen) atoms. The van der Waals surface area contributed by atoms with E-state index in [1.165, 1.54) is 5.56 Å². The number of oxazole rings is 1. The number of nitrogens with one attached hydrogen (secondary N) is 1. The van der Waals surface area contributed by atoms with Gasteiger partial charge in [0.1, 0.15) is 17.7 Å².